The molecule has 1 aromatic heterocycles. The molecular weight excluding hydrogens is 675 g/mol. The van der Waals surface area contributed by atoms with Gasteiger partial charge in [-0.05, 0) is 53.4 Å². The summed E-state index contributed by atoms with van der Waals surface area (Å²) in [6, 6.07) is 24.8. The first-order chi connectivity index (χ1) is 23.3. The average Bonchev–Trinajstić information content (AvgIpc) is 3.55. The van der Waals surface area contributed by atoms with E-state index >= 15 is 0 Å². The Balaban J connectivity index is 1.43. The van der Waals surface area contributed by atoms with Crippen molar-refractivity contribution in [1.29, 1.82) is 0 Å². The number of carbonyl (C=O) groups excluding carboxylic acids is 2. The zero-order valence-corrected chi connectivity index (χ0v) is 28.3. The molecule has 260 valence electrons. The minimum atomic E-state index is -4.28. The van der Waals surface area contributed by atoms with Crippen molar-refractivity contribution >= 4 is 39.0 Å². The first-order valence-corrected chi connectivity index (χ1v) is 17.8. The number of hydrogen-bond donors (Lipinski definition) is 3. The summed E-state index contributed by atoms with van der Waals surface area (Å²) in [5.41, 5.74) is 14.3. The number of benzene rings is 3. The third kappa shape index (κ3) is 8.16. The fraction of sp³-hybridized carbons (Fsp3) is 0.314. The Morgan fingerprint density at radius 2 is 1.53 bits per heavy atom. The van der Waals surface area contributed by atoms with Crippen molar-refractivity contribution in [3.05, 3.63) is 118 Å². The molecular formula is C35H38F2N4O6S2. The average molecular weight is 713 g/mol. The highest BCUT2D eigenvalue weighted by Crippen LogP contribution is 2.45. The number of nitrogens with zero attached hydrogens (tertiary/aromatic N) is 2. The number of aliphatic hydroxyl groups excluding tert-OH is 1. The van der Waals surface area contributed by atoms with E-state index < -0.39 is 71.3 Å². The number of sulfonamides is 1. The lowest BCUT2D eigenvalue weighted by atomic mass is 9.81. The zero-order valence-electron chi connectivity index (χ0n) is 26.7. The number of ether oxygens (including phenoxy) is 1. The third-order valence-electron chi connectivity index (χ3n) is 8.57. The molecule has 5 N–H and O–H groups in total. The number of carbonyl (C=O) groups is 2. The number of aliphatic hydroxyl groups is 1. The second-order valence-corrected chi connectivity index (χ2v) is 15.1. The van der Waals surface area contributed by atoms with Crippen molar-refractivity contribution < 1.29 is 36.6 Å². The van der Waals surface area contributed by atoms with Crippen molar-refractivity contribution in [2.75, 3.05) is 26.0 Å². The molecule has 0 saturated heterocycles. The number of imide groups is 1. The lowest BCUT2D eigenvalue weighted by Crippen LogP contribution is -2.49. The van der Waals surface area contributed by atoms with Crippen LogP contribution in [-0.2, 0) is 26.1 Å². The van der Waals surface area contributed by atoms with Gasteiger partial charge in [-0.15, -0.1) is 11.3 Å². The van der Waals surface area contributed by atoms with Crippen LogP contribution >= 0.6 is 11.3 Å². The molecule has 0 spiro atoms. The number of hydrogen-bond acceptors (Lipinski definition) is 9. The molecule has 0 unspecified atom stereocenters. The van der Waals surface area contributed by atoms with Crippen molar-refractivity contribution in [2.24, 2.45) is 11.7 Å². The highest BCUT2D eigenvalue weighted by atomic mass is 32.2. The van der Waals surface area contributed by atoms with Gasteiger partial charge in [0.1, 0.15) is 0 Å². The number of nitrogen functional groups attached to an aromatic ring is 1. The van der Waals surface area contributed by atoms with Crippen molar-refractivity contribution in [1.82, 2.24) is 9.21 Å². The quantitative estimate of drug-likeness (QED) is 0.157. The standard InChI is InChI=1S/C35H38F2N4O6S2/c1-47-34(44)40(33(43)32(39)31(24-8-4-2-5-9-24)25-10-6-3-7-11-25)21-27-14-17-30(48-27)29(22-42)41(20-23-18-35(36,37)19-23)49(45,46)28-15-12-26(38)13-16-28/h2-17,23,29,31-32,42H,18-22,38-39H2,1H3/t29-,32+/m1/s1. The number of thiophene rings is 1. The molecule has 2 atom stereocenters. The van der Waals surface area contributed by atoms with E-state index in [1.54, 1.807) is 12.1 Å². The van der Waals surface area contributed by atoms with Gasteiger partial charge in [0.25, 0.3) is 0 Å². The second-order valence-electron chi connectivity index (χ2n) is 12.0. The summed E-state index contributed by atoms with van der Waals surface area (Å²) in [6.45, 7) is -1.15. The van der Waals surface area contributed by atoms with Gasteiger partial charge in [-0.3, -0.25) is 4.79 Å². The Kier molecular flexibility index (Phi) is 11.1. The van der Waals surface area contributed by atoms with Gasteiger partial charge < -0.3 is 21.3 Å². The van der Waals surface area contributed by atoms with Crippen molar-refractivity contribution in [3.8, 4) is 0 Å². The van der Waals surface area contributed by atoms with Crippen LogP contribution in [0.4, 0.5) is 19.3 Å². The van der Waals surface area contributed by atoms with Gasteiger partial charge >= 0.3 is 6.09 Å². The summed E-state index contributed by atoms with van der Waals surface area (Å²) in [5, 5.41) is 10.5. The number of methoxy groups -OCH3 is 1. The van der Waals surface area contributed by atoms with Crippen molar-refractivity contribution in [3.63, 3.8) is 0 Å². The molecule has 3 aromatic carbocycles. The van der Waals surface area contributed by atoms with Crippen LogP contribution in [0.15, 0.2) is 102 Å². The van der Waals surface area contributed by atoms with E-state index in [9.17, 15) is 31.9 Å². The fourth-order valence-corrected chi connectivity index (χ4v) is 8.91. The fourth-order valence-electron chi connectivity index (χ4n) is 6.07. The zero-order chi connectivity index (χ0) is 35.3. The van der Waals surface area contributed by atoms with Crippen LogP contribution in [0.25, 0.3) is 0 Å². The molecule has 49 heavy (non-hydrogen) atoms. The van der Waals surface area contributed by atoms with Gasteiger partial charge in [-0.1, -0.05) is 60.7 Å². The van der Waals surface area contributed by atoms with Crippen LogP contribution in [-0.4, -0.2) is 67.0 Å². The van der Waals surface area contributed by atoms with E-state index in [-0.39, 0.29) is 18.0 Å². The molecule has 1 fully saturated rings. The Labute approximate surface area is 288 Å². The van der Waals surface area contributed by atoms with E-state index in [0.29, 0.717) is 15.4 Å². The summed E-state index contributed by atoms with van der Waals surface area (Å²) in [4.78, 5) is 28.6. The molecule has 1 aliphatic rings. The van der Waals surface area contributed by atoms with E-state index in [4.69, 9.17) is 16.2 Å². The maximum absolute atomic E-state index is 14.0. The first-order valence-electron chi connectivity index (χ1n) is 15.5. The molecule has 2 amide bonds. The Hall–Kier alpha value is -4.21. The highest BCUT2D eigenvalue weighted by molar-refractivity contribution is 7.89. The topological polar surface area (TPSA) is 156 Å². The molecule has 1 aliphatic carbocycles. The second kappa shape index (κ2) is 15.1. The normalized spacial score (nSPS) is 15.8. The Morgan fingerprint density at radius 1 is 0.959 bits per heavy atom. The van der Waals surface area contributed by atoms with Gasteiger partial charge in [0, 0.05) is 40.7 Å². The van der Waals surface area contributed by atoms with Crippen LogP contribution in [0.2, 0.25) is 0 Å². The molecule has 0 radical (unpaired) electrons. The largest absolute Gasteiger partial charge is 0.452 e. The van der Waals surface area contributed by atoms with Crippen LogP contribution < -0.4 is 11.5 Å². The number of amides is 2. The van der Waals surface area contributed by atoms with Crippen LogP contribution in [0.1, 0.15) is 45.7 Å². The van der Waals surface area contributed by atoms with Crippen LogP contribution in [0, 0.1) is 5.92 Å². The van der Waals surface area contributed by atoms with E-state index in [2.05, 4.69) is 0 Å². The SMILES string of the molecule is COC(=O)N(Cc1ccc([C@@H](CO)N(CC2CC(F)(F)C2)S(=O)(=O)c2ccc(N)cc2)s1)C(=O)[C@@H](N)C(c1ccccc1)c1ccccc1. The van der Waals surface area contributed by atoms with E-state index in [1.165, 1.54) is 24.3 Å². The van der Waals surface area contributed by atoms with Gasteiger partial charge in [-0.25, -0.2) is 26.9 Å². The van der Waals surface area contributed by atoms with Gasteiger partial charge in [-0.2, -0.15) is 4.31 Å². The molecule has 1 heterocycles. The summed E-state index contributed by atoms with van der Waals surface area (Å²) in [6.07, 6.45) is -1.89. The summed E-state index contributed by atoms with van der Waals surface area (Å²) in [7, 11) is -3.14. The number of alkyl halides is 2. The molecule has 4 aromatic rings. The Morgan fingerprint density at radius 3 is 2.04 bits per heavy atom. The van der Waals surface area contributed by atoms with Gasteiger partial charge in [0.15, 0.2) is 0 Å². The third-order valence-corrected chi connectivity index (χ3v) is 11.6. The van der Waals surface area contributed by atoms with Crippen molar-refractivity contribution in [2.45, 2.75) is 48.2 Å². The summed E-state index contributed by atoms with van der Waals surface area (Å²) < 4.78 is 61.4. The summed E-state index contributed by atoms with van der Waals surface area (Å²) in [5.74, 6) is -4.79. The molecule has 5 rings (SSSR count). The van der Waals surface area contributed by atoms with E-state index in [0.717, 1.165) is 38.8 Å². The van der Waals surface area contributed by atoms with E-state index in [1.807, 2.05) is 60.7 Å². The monoisotopic (exact) mass is 712 g/mol. The number of anilines is 1. The minimum Gasteiger partial charge on any atom is -0.452 e. The predicted octanol–water partition coefficient (Wildman–Crippen LogP) is 5.35. The minimum absolute atomic E-state index is 0.106. The lowest BCUT2D eigenvalue weighted by molar-refractivity contribution is -0.131. The number of rotatable bonds is 13. The van der Waals surface area contributed by atoms with Gasteiger partial charge in [0.05, 0.1) is 37.2 Å². The Bertz CT molecular complexity index is 1800. The van der Waals surface area contributed by atoms with Gasteiger partial charge in [0.2, 0.25) is 21.9 Å². The first kappa shape index (κ1) is 36.1. The molecule has 0 bridgehead atoms. The molecule has 0 aliphatic heterocycles. The van der Waals surface area contributed by atoms with Crippen LogP contribution in [0.3, 0.4) is 0 Å². The highest BCUT2D eigenvalue weighted by Gasteiger charge is 2.48. The smallest absolute Gasteiger partial charge is 0.416 e. The number of halogens is 2. The van der Waals surface area contributed by atoms with Crippen LogP contribution in [0.5, 0.6) is 0 Å². The summed E-state index contributed by atoms with van der Waals surface area (Å²) >= 11 is 1.07. The molecule has 10 nitrogen and oxygen atoms in total. The lowest BCUT2D eigenvalue weighted by Gasteiger charge is -2.39. The maximum Gasteiger partial charge on any atom is 0.416 e. The number of nitrogens with two attached hydrogens (primary N) is 2. The predicted molar refractivity (Wildman–Crippen MR) is 182 cm³/mol. The molecule has 14 heteroatoms. The maximum atomic E-state index is 14.0. The molecule has 1 saturated carbocycles.